The van der Waals surface area contributed by atoms with Crippen LogP contribution in [0.1, 0.15) is 0 Å². The highest BCUT2D eigenvalue weighted by molar-refractivity contribution is 8.14. The van der Waals surface area contributed by atoms with Gasteiger partial charge in [-0.05, 0) is 6.07 Å². The van der Waals surface area contributed by atoms with E-state index in [2.05, 4.69) is 10.1 Å². The normalized spacial score (nSPS) is 12.1. The molecule has 0 N–H and O–H groups in total. The third kappa shape index (κ3) is 3.10. The lowest BCUT2D eigenvalue weighted by molar-refractivity contribution is 0.611. The minimum Gasteiger partial charge on any atom is -0.223 e. The molecule has 0 saturated heterocycles. The monoisotopic (exact) mass is 277 g/mol. The molecule has 2 aromatic rings. The van der Waals surface area contributed by atoms with E-state index in [1.165, 1.54) is 11.8 Å². The van der Waals surface area contributed by atoms with Gasteiger partial charge in [-0.1, -0.05) is 0 Å². The number of hydrogen-bond donors (Lipinski definition) is 0. The van der Waals surface area contributed by atoms with E-state index < -0.39 is 9.05 Å². The molecular formula is C8H8ClN3O2S2. The molecule has 0 spiro atoms. The molecule has 0 radical (unpaired) electrons. The Kier molecular flexibility index (Phi) is 3.36. The summed E-state index contributed by atoms with van der Waals surface area (Å²) in [5.41, 5.74) is 0.735. The average molecular weight is 278 g/mol. The van der Waals surface area contributed by atoms with Gasteiger partial charge in [-0.2, -0.15) is 5.10 Å². The van der Waals surface area contributed by atoms with Crippen molar-refractivity contribution in [1.82, 2.24) is 14.6 Å². The highest BCUT2D eigenvalue weighted by atomic mass is 35.7. The number of halogens is 1. The number of nitrogens with zero attached hydrogens (tertiary/aromatic N) is 3. The van der Waals surface area contributed by atoms with Crippen LogP contribution in [0.2, 0.25) is 0 Å². The van der Waals surface area contributed by atoms with E-state index in [1.54, 1.807) is 29.0 Å². The quantitative estimate of drug-likeness (QED) is 0.480. The second-order valence-corrected chi connectivity index (χ2v) is 7.00. The van der Waals surface area contributed by atoms with Crippen molar-refractivity contribution in [2.24, 2.45) is 0 Å². The molecule has 0 aromatic carbocycles. The summed E-state index contributed by atoms with van der Waals surface area (Å²) in [7, 11) is 1.68. The molecule has 0 aliphatic carbocycles. The lowest BCUT2D eigenvalue weighted by Gasteiger charge is -1.99. The molecule has 0 atom stereocenters. The standard InChI is InChI=1S/C8H8ClN3O2S2/c9-16(13,14)6-5-15-8-2-4-12-7(11-8)1-3-10-12/h1-4H,5-6H2. The molecule has 0 fully saturated rings. The maximum Gasteiger partial charge on any atom is 0.233 e. The van der Waals surface area contributed by atoms with Crippen molar-refractivity contribution in [2.45, 2.75) is 5.03 Å². The molecule has 86 valence electrons. The zero-order valence-electron chi connectivity index (χ0n) is 8.08. The van der Waals surface area contributed by atoms with Gasteiger partial charge in [-0.25, -0.2) is 17.9 Å². The van der Waals surface area contributed by atoms with Crippen LogP contribution in [0.25, 0.3) is 5.65 Å². The van der Waals surface area contributed by atoms with Gasteiger partial charge in [0.1, 0.15) is 5.03 Å². The van der Waals surface area contributed by atoms with Gasteiger partial charge in [0, 0.05) is 28.7 Å². The van der Waals surface area contributed by atoms with Crippen LogP contribution in [0.15, 0.2) is 29.6 Å². The Bertz CT molecular complexity index is 596. The minimum atomic E-state index is -3.42. The molecule has 16 heavy (non-hydrogen) atoms. The van der Waals surface area contributed by atoms with Crippen LogP contribution in [0.3, 0.4) is 0 Å². The lowest BCUT2D eigenvalue weighted by Crippen LogP contribution is -2.00. The topological polar surface area (TPSA) is 64.3 Å². The third-order valence-electron chi connectivity index (χ3n) is 1.81. The maximum atomic E-state index is 10.7. The van der Waals surface area contributed by atoms with Crippen molar-refractivity contribution in [1.29, 1.82) is 0 Å². The minimum absolute atomic E-state index is 0.0641. The Balaban J connectivity index is 2.04. The Morgan fingerprint density at radius 2 is 2.25 bits per heavy atom. The highest BCUT2D eigenvalue weighted by Crippen LogP contribution is 2.16. The fourth-order valence-corrected chi connectivity index (χ4v) is 3.34. The first-order valence-electron chi connectivity index (χ1n) is 4.40. The number of thioether (sulfide) groups is 1. The van der Waals surface area contributed by atoms with Crippen molar-refractivity contribution in [3.63, 3.8) is 0 Å². The van der Waals surface area contributed by atoms with Crippen LogP contribution in [-0.4, -0.2) is 34.5 Å². The number of aromatic nitrogens is 3. The van der Waals surface area contributed by atoms with Gasteiger partial charge in [-0.15, -0.1) is 11.8 Å². The Morgan fingerprint density at radius 1 is 1.44 bits per heavy atom. The van der Waals surface area contributed by atoms with Gasteiger partial charge in [0.05, 0.1) is 11.9 Å². The molecule has 0 unspecified atom stereocenters. The number of hydrogen-bond acceptors (Lipinski definition) is 5. The summed E-state index contributed by atoms with van der Waals surface area (Å²) >= 11 is 1.35. The molecule has 2 heterocycles. The molecule has 8 heteroatoms. The summed E-state index contributed by atoms with van der Waals surface area (Å²) in [6, 6.07) is 3.56. The van der Waals surface area contributed by atoms with E-state index in [0.29, 0.717) is 5.75 Å². The van der Waals surface area contributed by atoms with Crippen LogP contribution < -0.4 is 0 Å². The second-order valence-electron chi connectivity index (χ2n) is 2.99. The smallest absolute Gasteiger partial charge is 0.223 e. The fraction of sp³-hybridized carbons (Fsp3) is 0.250. The summed E-state index contributed by atoms with van der Waals surface area (Å²) in [4.78, 5) is 4.28. The van der Waals surface area contributed by atoms with Gasteiger partial charge < -0.3 is 0 Å². The van der Waals surface area contributed by atoms with Gasteiger partial charge in [0.15, 0.2) is 5.65 Å². The van der Waals surface area contributed by atoms with Crippen LogP contribution in [0.4, 0.5) is 0 Å². The predicted octanol–water partition coefficient (Wildman–Crippen LogP) is 1.39. The third-order valence-corrected chi connectivity index (χ3v) is 4.15. The van der Waals surface area contributed by atoms with Crippen molar-refractivity contribution >= 4 is 37.1 Å². The molecule has 0 bridgehead atoms. The van der Waals surface area contributed by atoms with E-state index in [-0.39, 0.29) is 5.75 Å². The summed E-state index contributed by atoms with van der Waals surface area (Å²) in [5, 5.41) is 4.76. The van der Waals surface area contributed by atoms with Gasteiger partial charge in [0.25, 0.3) is 0 Å². The van der Waals surface area contributed by atoms with Crippen molar-refractivity contribution < 1.29 is 8.42 Å². The van der Waals surface area contributed by atoms with Crippen molar-refractivity contribution in [3.8, 4) is 0 Å². The highest BCUT2D eigenvalue weighted by Gasteiger charge is 2.06. The molecule has 0 amide bonds. The summed E-state index contributed by atoms with van der Waals surface area (Å²) < 4.78 is 23.1. The molecule has 0 aliphatic heterocycles. The van der Waals surface area contributed by atoms with Gasteiger partial charge in [-0.3, -0.25) is 0 Å². The molecular weight excluding hydrogens is 270 g/mol. The molecule has 2 aromatic heterocycles. The lowest BCUT2D eigenvalue weighted by atomic mass is 10.6. The Hall–Kier alpha value is -0.790. The van der Waals surface area contributed by atoms with Crippen molar-refractivity contribution in [3.05, 3.63) is 24.5 Å². The first kappa shape index (κ1) is 11.7. The Labute approximate surface area is 101 Å². The molecule has 5 nitrogen and oxygen atoms in total. The van der Waals surface area contributed by atoms with E-state index in [9.17, 15) is 8.42 Å². The zero-order valence-corrected chi connectivity index (χ0v) is 10.5. The van der Waals surface area contributed by atoms with Crippen LogP contribution in [-0.2, 0) is 9.05 Å². The second kappa shape index (κ2) is 4.60. The summed E-state index contributed by atoms with van der Waals surface area (Å²) in [6.07, 6.45) is 3.43. The molecule has 0 aliphatic rings. The maximum absolute atomic E-state index is 10.7. The largest absolute Gasteiger partial charge is 0.233 e. The van der Waals surface area contributed by atoms with E-state index in [0.717, 1.165) is 10.7 Å². The van der Waals surface area contributed by atoms with Gasteiger partial charge >= 0.3 is 0 Å². The van der Waals surface area contributed by atoms with Gasteiger partial charge in [0.2, 0.25) is 9.05 Å². The fourth-order valence-electron chi connectivity index (χ4n) is 1.12. The summed E-state index contributed by atoms with van der Waals surface area (Å²) in [5.74, 6) is 0.328. The predicted molar refractivity (Wildman–Crippen MR) is 63.4 cm³/mol. The molecule has 2 rings (SSSR count). The number of fused-ring (bicyclic) bond motifs is 1. The number of rotatable bonds is 4. The summed E-state index contributed by atoms with van der Waals surface area (Å²) in [6.45, 7) is 0. The van der Waals surface area contributed by atoms with E-state index in [1.807, 2.05) is 0 Å². The first-order chi connectivity index (χ1) is 7.54. The van der Waals surface area contributed by atoms with Crippen molar-refractivity contribution in [2.75, 3.05) is 11.5 Å². The van der Waals surface area contributed by atoms with E-state index >= 15 is 0 Å². The Morgan fingerprint density at radius 3 is 3.00 bits per heavy atom. The average Bonchev–Trinajstić information content (AvgIpc) is 2.62. The van der Waals surface area contributed by atoms with E-state index in [4.69, 9.17) is 10.7 Å². The van der Waals surface area contributed by atoms with Crippen LogP contribution >= 0.6 is 22.4 Å². The first-order valence-corrected chi connectivity index (χ1v) is 7.86. The zero-order chi connectivity index (χ0) is 11.6. The van der Waals surface area contributed by atoms with Crippen LogP contribution in [0.5, 0.6) is 0 Å². The van der Waals surface area contributed by atoms with Crippen LogP contribution in [0, 0.1) is 0 Å². The SMILES string of the molecule is O=S(=O)(Cl)CCSc1ccn2nccc2n1. The molecule has 0 saturated carbocycles.